The van der Waals surface area contributed by atoms with Gasteiger partial charge in [0.1, 0.15) is 11.7 Å². The number of morpholine rings is 1. The molecule has 39 heavy (non-hydrogen) atoms. The highest BCUT2D eigenvalue weighted by Gasteiger charge is 2.37. The first-order valence-corrected chi connectivity index (χ1v) is 11.3. The Labute approximate surface area is 219 Å². The quantitative estimate of drug-likeness (QED) is 0.222. The van der Waals surface area contributed by atoms with Crippen molar-refractivity contribution in [3.8, 4) is 0 Å². The number of benzene rings is 2. The van der Waals surface area contributed by atoms with E-state index >= 15 is 0 Å². The summed E-state index contributed by atoms with van der Waals surface area (Å²) < 4.78 is 106. The summed E-state index contributed by atoms with van der Waals surface area (Å²) in [4.78, 5) is 12.7. The van der Waals surface area contributed by atoms with Crippen LogP contribution in [-0.4, -0.2) is 56.5 Å². The van der Waals surface area contributed by atoms with Crippen LogP contribution in [0.15, 0.2) is 53.6 Å². The molecule has 1 heterocycles. The Hall–Kier alpha value is -3.43. The number of nitrogens with two attached hydrogens (primary N) is 1. The Morgan fingerprint density at radius 3 is 2.21 bits per heavy atom. The standard InChI is InChI=1S/C18H22F6N4O4.C6H5F/c1-10(11-5-12(17(19,20)21)7-13(6-11)18(22,23)24)32-15-9-28(3-4-31-15)8-14(25)26-27-16(29)30-2;7-6-4-2-1-3-5-6/h5-7,10,15H,3-4,8-9H2,1-2H3,(H2,25,26)(H,27,29);1-5H/t10-,15-;/m1./s1. The van der Waals surface area contributed by atoms with Crippen LogP contribution in [-0.2, 0) is 26.6 Å². The second-order valence-corrected chi connectivity index (χ2v) is 8.16. The molecule has 0 saturated carbocycles. The van der Waals surface area contributed by atoms with Gasteiger partial charge >= 0.3 is 18.4 Å². The molecule has 0 spiro atoms. The number of rotatable bonds is 6. The lowest BCUT2D eigenvalue weighted by molar-refractivity contribution is -0.199. The van der Waals surface area contributed by atoms with E-state index in [2.05, 4.69) is 15.3 Å². The number of hydrogen-bond donors (Lipinski definition) is 2. The van der Waals surface area contributed by atoms with Gasteiger partial charge in [-0.15, -0.1) is 0 Å². The fourth-order valence-electron chi connectivity index (χ4n) is 3.26. The van der Waals surface area contributed by atoms with Gasteiger partial charge in [0.2, 0.25) is 0 Å². The van der Waals surface area contributed by atoms with E-state index in [9.17, 15) is 35.5 Å². The molecule has 1 saturated heterocycles. The molecule has 1 aliphatic rings. The number of halogens is 7. The summed E-state index contributed by atoms with van der Waals surface area (Å²) in [6.45, 7) is 2.12. The maximum Gasteiger partial charge on any atom is 0.427 e. The maximum absolute atomic E-state index is 13.1. The van der Waals surface area contributed by atoms with Crippen LogP contribution in [0, 0.1) is 5.82 Å². The molecule has 3 N–H and O–H groups in total. The molecule has 0 bridgehead atoms. The van der Waals surface area contributed by atoms with Crippen LogP contribution >= 0.6 is 0 Å². The minimum Gasteiger partial charge on any atom is -0.452 e. The van der Waals surface area contributed by atoms with Crippen LogP contribution in [0.4, 0.5) is 35.5 Å². The van der Waals surface area contributed by atoms with Crippen LogP contribution in [0.1, 0.15) is 29.7 Å². The average Bonchev–Trinajstić information content (AvgIpc) is 2.87. The highest BCUT2D eigenvalue weighted by molar-refractivity contribution is 5.83. The smallest absolute Gasteiger partial charge is 0.427 e. The van der Waals surface area contributed by atoms with Gasteiger partial charge in [-0.1, -0.05) is 18.2 Å². The number of nitrogens with one attached hydrogen (secondary N) is 1. The first kappa shape index (κ1) is 31.8. The fourth-order valence-corrected chi connectivity index (χ4v) is 3.26. The van der Waals surface area contributed by atoms with Crippen molar-refractivity contribution in [2.75, 3.05) is 33.4 Å². The number of ether oxygens (including phenoxy) is 3. The van der Waals surface area contributed by atoms with Gasteiger partial charge in [-0.2, -0.15) is 31.4 Å². The molecule has 2 aromatic rings. The van der Waals surface area contributed by atoms with Gasteiger partial charge in [-0.3, -0.25) is 4.90 Å². The summed E-state index contributed by atoms with van der Waals surface area (Å²) >= 11 is 0. The number of amidine groups is 1. The van der Waals surface area contributed by atoms with E-state index in [0.717, 1.165) is 7.11 Å². The number of alkyl halides is 6. The minimum absolute atomic E-state index is 0.0387. The van der Waals surface area contributed by atoms with E-state index in [1.54, 1.807) is 23.1 Å². The lowest BCUT2D eigenvalue weighted by Gasteiger charge is -2.34. The van der Waals surface area contributed by atoms with E-state index in [0.29, 0.717) is 18.7 Å². The largest absolute Gasteiger partial charge is 0.452 e. The highest BCUT2D eigenvalue weighted by atomic mass is 19.4. The van der Waals surface area contributed by atoms with Crippen LogP contribution in [0.3, 0.4) is 0 Å². The Kier molecular flexibility index (Phi) is 11.5. The first-order chi connectivity index (χ1) is 18.2. The van der Waals surface area contributed by atoms with Crippen molar-refractivity contribution in [3.05, 3.63) is 71.0 Å². The Morgan fingerprint density at radius 2 is 1.72 bits per heavy atom. The molecule has 2 atom stereocenters. The molecule has 216 valence electrons. The lowest BCUT2D eigenvalue weighted by atomic mass is 10.0. The Morgan fingerprint density at radius 1 is 1.13 bits per heavy atom. The third-order valence-corrected chi connectivity index (χ3v) is 5.15. The van der Waals surface area contributed by atoms with Crippen molar-refractivity contribution < 1.29 is 49.7 Å². The number of carbonyl (C=O) groups excluding carboxylic acids is 1. The number of hydrazone groups is 1. The predicted molar refractivity (Wildman–Crippen MR) is 126 cm³/mol. The first-order valence-electron chi connectivity index (χ1n) is 11.3. The third-order valence-electron chi connectivity index (χ3n) is 5.15. The summed E-state index contributed by atoms with van der Waals surface area (Å²) in [6.07, 6.45) is -12.8. The van der Waals surface area contributed by atoms with Crippen LogP contribution in [0.2, 0.25) is 0 Å². The lowest BCUT2D eigenvalue weighted by Crippen LogP contribution is -2.47. The Balaban J connectivity index is 0.000000658. The number of hydrogen-bond acceptors (Lipinski definition) is 6. The molecule has 0 aliphatic carbocycles. The molecule has 3 rings (SSSR count). The third kappa shape index (κ3) is 11.1. The van der Waals surface area contributed by atoms with Gasteiger partial charge in [-0.05, 0) is 42.8 Å². The molecule has 0 radical (unpaired) electrons. The van der Waals surface area contributed by atoms with E-state index in [4.69, 9.17) is 15.2 Å². The van der Waals surface area contributed by atoms with Crippen molar-refractivity contribution in [1.82, 2.24) is 10.3 Å². The van der Waals surface area contributed by atoms with Crippen molar-refractivity contribution in [2.24, 2.45) is 10.8 Å². The molecule has 8 nitrogen and oxygen atoms in total. The summed E-state index contributed by atoms with van der Waals surface area (Å²) in [5.74, 6) is -0.140. The van der Waals surface area contributed by atoms with E-state index in [-0.39, 0.29) is 43.0 Å². The molecule has 1 aliphatic heterocycles. The highest BCUT2D eigenvalue weighted by Crippen LogP contribution is 2.38. The normalized spacial score (nSPS) is 17.6. The zero-order valence-corrected chi connectivity index (χ0v) is 20.9. The van der Waals surface area contributed by atoms with E-state index in [1.807, 2.05) is 0 Å². The molecule has 1 amide bonds. The van der Waals surface area contributed by atoms with Crippen LogP contribution in [0.5, 0.6) is 0 Å². The number of nitrogens with zero attached hydrogens (tertiary/aromatic N) is 2. The summed E-state index contributed by atoms with van der Waals surface area (Å²) in [5.41, 5.74) is 4.61. The fraction of sp³-hybridized carbons (Fsp3) is 0.417. The molecule has 15 heteroatoms. The summed E-state index contributed by atoms with van der Waals surface area (Å²) in [6, 6.07) is 9.22. The number of amides is 1. The number of methoxy groups -OCH3 is 1. The second-order valence-electron chi connectivity index (χ2n) is 8.16. The topological polar surface area (TPSA) is 98.4 Å². The molecular weight excluding hydrogens is 541 g/mol. The zero-order chi connectivity index (χ0) is 29.2. The summed E-state index contributed by atoms with van der Waals surface area (Å²) in [5, 5.41) is 3.62. The zero-order valence-electron chi connectivity index (χ0n) is 20.9. The van der Waals surface area contributed by atoms with Crippen molar-refractivity contribution in [3.63, 3.8) is 0 Å². The second kappa shape index (κ2) is 14.1. The predicted octanol–water partition coefficient (Wildman–Crippen LogP) is 4.91. The van der Waals surface area contributed by atoms with Crippen LogP contribution < -0.4 is 11.2 Å². The molecule has 1 fully saturated rings. The van der Waals surface area contributed by atoms with Crippen LogP contribution in [0.25, 0.3) is 0 Å². The van der Waals surface area contributed by atoms with Crippen molar-refractivity contribution >= 4 is 11.9 Å². The van der Waals surface area contributed by atoms with E-state index in [1.165, 1.54) is 19.1 Å². The van der Waals surface area contributed by atoms with Gasteiger partial charge in [0.25, 0.3) is 0 Å². The van der Waals surface area contributed by atoms with Gasteiger partial charge in [0.05, 0.1) is 44.0 Å². The summed E-state index contributed by atoms with van der Waals surface area (Å²) in [7, 11) is 1.15. The molecule has 0 aromatic heterocycles. The van der Waals surface area contributed by atoms with Gasteiger partial charge in [0, 0.05) is 6.54 Å². The molecular formula is C24H27F7N4O4. The Bertz CT molecular complexity index is 1070. The minimum atomic E-state index is -4.96. The monoisotopic (exact) mass is 568 g/mol. The van der Waals surface area contributed by atoms with Gasteiger partial charge < -0.3 is 19.9 Å². The van der Waals surface area contributed by atoms with Crippen molar-refractivity contribution in [1.29, 1.82) is 0 Å². The van der Waals surface area contributed by atoms with Gasteiger partial charge in [-0.25, -0.2) is 14.6 Å². The van der Waals surface area contributed by atoms with Crippen molar-refractivity contribution in [2.45, 2.75) is 31.7 Å². The molecule has 0 unspecified atom stereocenters. The average molecular weight is 568 g/mol. The maximum atomic E-state index is 13.1. The SMILES string of the molecule is COC(=O)N/N=C(\N)CN1CCO[C@H](O[C@H](C)c2cc(C(F)(F)F)cc(C(F)(F)F)c2)C1.Fc1ccccc1. The van der Waals surface area contributed by atoms with E-state index < -0.39 is 42.0 Å². The number of carbonyl (C=O) groups is 1. The molecule has 2 aromatic carbocycles. The van der Waals surface area contributed by atoms with Gasteiger partial charge in [0.15, 0.2) is 6.29 Å².